The van der Waals surface area contributed by atoms with Gasteiger partial charge in [-0.3, -0.25) is 14.7 Å². The molecule has 0 radical (unpaired) electrons. The fourth-order valence-corrected chi connectivity index (χ4v) is 3.15. The van der Waals surface area contributed by atoms with Crippen LogP contribution in [0.1, 0.15) is 35.8 Å². The van der Waals surface area contributed by atoms with Crippen molar-refractivity contribution in [2.24, 2.45) is 0 Å². The fourth-order valence-electron chi connectivity index (χ4n) is 3.15. The van der Waals surface area contributed by atoms with Gasteiger partial charge in [0.2, 0.25) is 0 Å². The van der Waals surface area contributed by atoms with E-state index in [4.69, 9.17) is 4.74 Å². The van der Waals surface area contributed by atoms with Crippen LogP contribution in [0, 0.1) is 0 Å². The summed E-state index contributed by atoms with van der Waals surface area (Å²) in [6.45, 7) is 9.55. The number of nitrogens with zero attached hydrogens (tertiary/aromatic N) is 2. The van der Waals surface area contributed by atoms with E-state index in [0.717, 1.165) is 56.3 Å². The Labute approximate surface area is 160 Å². The number of carbonyl (C=O) groups is 1. The maximum absolute atomic E-state index is 12.6. The predicted octanol–water partition coefficient (Wildman–Crippen LogP) is 3.20. The lowest BCUT2D eigenvalue weighted by Crippen LogP contribution is -2.39. The minimum Gasteiger partial charge on any atom is -0.384 e. The zero-order chi connectivity index (χ0) is 19.1. The van der Waals surface area contributed by atoms with Crippen LogP contribution < -0.4 is 10.6 Å². The van der Waals surface area contributed by atoms with E-state index in [1.54, 1.807) is 12.3 Å². The van der Waals surface area contributed by atoms with Crippen molar-refractivity contribution in [3.63, 3.8) is 0 Å². The Bertz CT molecular complexity index is 757. The van der Waals surface area contributed by atoms with Crippen LogP contribution in [-0.4, -0.2) is 55.2 Å². The average Bonchev–Trinajstić information content (AvgIpc) is 2.69. The topological polar surface area (TPSA) is 66.5 Å². The van der Waals surface area contributed by atoms with Gasteiger partial charge in [0, 0.05) is 43.8 Å². The lowest BCUT2D eigenvalue weighted by Gasteiger charge is -2.26. The summed E-state index contributed by atoms with van der Waals surface area (Å²) in [7, 11) is 0. The van der Waals surface area contributed by atoms with Crippen LogP contribution in [0.3, 0.4) is 0 Å². The minimum absolute atomic E-state index is 0.195. The monoisotopic (exact) mass is 368 g/mol. The largest absolute Gasteiger partial charge is 0.384 e. The van der Waals surface area contributed by atoms with Crippen molar-refractivity contribution in [3.05, 3.63) is 53.9 Å². The molecule has 0 unspecified atom stereocenters. The van der Waals surface area contributed by atoms with E-state index in [1.165, 1.54) is 0 Å². The molecule has 1 saturated heterocycles. The van der Waals surface area contributed by atoms with E-state index < -0.39 is 0 Å². The standard InChI is InChI=1S/C21H28N4O2/c1-16(2)18-5-3-4-6-19(18)24-21(26)20-15-17(7-8-23-20)22-9-10-25-11-13-27-14-12-25/h3-8,15-16H,9-14H2,1-2H3,(H,22,23)(H,24,26). The zero-order valence-electron chi connectivity index (χ0n) is 16.1. The van der Waals surface area contributed by atoms with Gasteiger partial charge in [-0.15, -0.1) is 0 Å². The summed E-state index contributed by atoms with van der Waals surface area (Å²) < 4.78 is 5.36. The van der Waals surface area contributed by atoms with Crippen molar-refractivity contribution < 1.29 is 9.53 Å². The van der Waals surface area contributed by atoms with Gasteiger partial charge < -0.3 is 15.4 Å². The second-order valence-corrected chi connectivity index (χ2v) is 7.01. The Morgan fingerprint density at radius 3 is 2.78 bits per heavy atom. The van der Waals surface area contributed by atoms with Crippen molar-refractivity contribution in [3.8, 4) is 0 Å². The maximum Gasteiger partial charge on any atom is 0.274 e. The average molecular weight is 368 g/mol. The molecular formula is C21H28N4O2. The number of anilines is 2. The van der Waals surface area contributed by atoms with E-state index >= 15 is 0 Å². The molecule has 6 nitrogen and oxygen atoms in total. The molecule has 0 bridgehead atoms. The molecule has 1 aliphatic rings. The summed E-state index contributed by atoms with van der Waals surface area (Å²) in [5.74, 6) is 0.141. The molecule has 1 aromatic heterocycles. The van der Waals surface area contributed by atoms with Gasteiger partial charge in [-0.2, -0.15) is 0 Å². The molecule has 2 N–H and O–H groups in total. The number of pyridine rings is 1. The summed E-state index contributed by atoms with van der Waals surface area (Å²) >= 11 is 0. The fraction of sp³-hybridized carbons (Fsp3) is 0.429. The number of amides is 1. The first-order chi connectivity index (χ1) is 13.1. The molecule has 0 spiro atoms. The van der Waals surface area contributed by atoms with E-state index in [9.17, 15) is 4.79 Å². The molecule has 1 amide bonds. The Morgan fingerprint density at radius 1 is 1.22 bits per heavy atom. The van der Waals surface area contributed by atoms with Crippen molar-refractivity contribution in [1.29, 1.82) is 0 Å². The third-order valence-corrected chi connectivity index (χ3v) is 4.68. The Balaban J connectivity index is 1.58. The number of carbonyl (C=O) groups excluding carboxylic acids is 1. The number of para-hydroxylation sites is 1. The summed E-state index contributed by atoms with van der Waals surface area (Å²) in [6, 6.07) is 11.6. The van der Waals surface area contributed by atoms with E-state index in [0.29, 0.717) is 11.6 Å². The van der Waals surface area contributed by atoms with Gasteiger partial charge in [-0.1, -0.05) is 32.0 Å². The molecule has 0 atom stereocenters. The zero-order valence-corrected chi connectivity index (χ0v) is 16.1. The Hall–Kier alpha value is -2.44. The summed E-state index contributed by atoms with van der Waals surface area (Å²) in [5, 5.41) is 6.37. The van der Waals surface area contributed by atoms with Gasteiger partial charge in [0.05, 0.1) is 13.2 Å². The van der Waals surface area contributed by atoms with Crippen molar-refractivity contribution in [1.82, 2.24) is 9.88 Å². The first-order valence-electron chi connectivity index (χ1n) is 9.54. The predicted molar refractivity (Wildman–Crippen MR) is 108 cm³/mol. The summed E-state index contributed by atoms with van der Waals surface area (Å²) in [5.41, 5.74) is 3.26. The molecule has 1 aromatic carbocycles. The molecule has 6 heteroatoms. The molecule has 1 aliphatic heterocycles. The lowest BCUT2D eigenvalue weighted by molar-refractivity contribution is 0.0398. The van der Waals surface area contributed by atoms with Gasteiger partial charge in [0.15, 0.2) is 0 Å². The second-order valence-electron chi connectivity index (χ2n) is 7.01. The quantitative estimate of drug-likeness (QED) is 0.786. The van der Waals surface area contributed by atoms with Gasteiger partial charge >= 0.3 is 0 Å². The molecular weight excluding hydrogens is 340 g/mol. The van der Waals surface area contributed by atoms with Gasteiger partial charge in [0.25, 0.3) is 5.91 Å². The number of hydrogen-bond donors (Lipinski definition) is 2. The van der Waals surface area contributed by atoms with Crippen LogP contribution in [0.4, 0.5) is 11.4 Å². The van der Waals surface area contributed by atoms with Crippen molar-refractivity contribution in [2.45, 2.75) is 19.8 Å². The van der Waals surface area contributed by atoms with Crippen LogP contribution in [0.2, 0.25) is 0 Å². The third-order valence-electron chi connectivity index (χ3n) is 4.68. The van der Waals surface area contributed by atoms with E-state index in [1.807, 2.05) is 30.3 Å². The van der Waals surface area contributed by atoms with Crippen LogP contribution >= 0.6 is 0 Å². The lowest BCUT2D eigenvalue weighted by atomic mass is 10.0. The number of hydrogen-bond acceptors (Lipinski definition) is 5. The molecule has 0 saturated carbocycles. The normalized spacial score (nSPS) is 14.9. The van der Waals surface area contributed by atoms with E-state index in [-0.39, 0.29) is 5.91 Å². The first kappa shape index (κ1) is 19.3. The molecule has 144 valence electrons. The van der Waals surface area contributed by atoms with Gasteiger partial charge in [-0.25, -0.2) is 0 Å². The second kappa shape index (κ2) is 9.48. The minimum atomic E-state index is -0.195. The van der Waals surface area contributed by atoms with Crippen LogP contribution in [0.5, 0.6) is 0 Å². The van der Waals surface area contributed by atoms with Crippen molar-refractivity contribution >= 4 is 17.3 Å². The number of ether oxygens (including phenoxy) is 1. The number of benzene rings is 1. The number of rotatable bonds is 7. The molecule has 27 heavy (non-hydrogen) atoms. The molecule has 2 heterocycles. The Morgan fingerprint density at radius 2 is 2.00 bits per heavy atom. The van der Waals surface area contributed by atoms with Crippen molar-refractivity contribution in [2.75, 3.05) is 50.0 Å². The smallest absolute Gasteiger partial charge is 0.274 e. The molecule has 1 fully saturated rings. The SMILES string of the molecule is CC(C)c1ccccc1NC(=O)c1cc(NCCN2CCOCC2)ccn1. The third kappa shape index (κ3) is 5.52. The first-order valence-corrected chi connectivity index (χ1v) is 9.54. The number of morpholine rings is 1. The van der Waals surface area contributed by atoms with Gasteiger partial charge in [-0.05, 0) is 29.7 Å². The molecule has 0 aliphatic carbocycles. The summed E-state index contributed by atoms with van der Waals surface area (Å²) in [6.07, 6.45) is 1.67. The summed E-state index contributed by atoms with van der Waals surface area (Å²) in [4.78, 5) is 19.2. The highest BCUT2D eigenvalue weighted by Gasteiger charge is 2.13. The highest BCUT2D eigenvalue weighted by molar-refractivity contribution is 6.03. The van der Waals surface area contributed by atoms with Gasteiger partial charge in [0.1, 0.15) is 5.69 Å². The Kier molecular flexibility index (Phi) is 6.79. The molecule has 2 aromatic rings. The van der Waals surface area contributed by atoms with Crippen LogP contribution in [0.25, 0.3) is 0 Å². The highest BCUT2D eigenvalue weighted by atomic mass is 16.5. The maximum atomic E-state index is 12.6. The molecule has 3 rings (SSSR count). The highest BCUT2D eigenvalue weighted by Crippen LogP contribution is 2.24. The number of aromatic nitrogens is 1. The van der Waals surface area contributed by atoms with E-state index in [2.05, 4.69) is 34.4 Å². The van der Waals surface area contributed by atoms with Crippen LogP contribution in [-0.2, 0) is 4.74 Å². The van der Waals surface area contributed by atoms with Crippen LogP contribution in [0.15, 0.2) is 42.6 Å². The number of nitrogens with one attached hydrogen (secondary N) is 2.